The van der Waals surface area contributed by atoms with Crippen molar-refractivity contribution in [3.8, 4) is 0 Å². The summed E-state index contributed by atoms with van der Waals surface area (Å²) in [5.74, 6) is 0.879. The van der Waals surface area contributed by atoms with Gasteiger partial charge in [0.05, 0.1) is 0 Å². The molecule has 1 aromatic rings. The number of benzene rings is 1. The molecule has 0 saturated heterocycles. The predicted octanol–water partition coefficient (Wildman–Crippen LogP) is 3.35. The van der Waals surface area contributed by atoms with Gasteiger partial charge in [-0.05, 0) is 80.4 Å². The van der Waals surface area contributed by atoms with E-state index >= 15 is 0 Å². The van der Waals surface area contributed by atoms with E-state index in [1.807, 2.05) is 31.2 Å². The van der Waals surface area contributed by atoms with Crippen LogP contribution in [0.2, 0.25) is 0 Å². The molecule has 5 rings (SSSR count). The number of hydrogen-bond acceptors (Lipinski definition) is 4. The van der Waals surface area contributed by atoms with Crippen molar-refractivity contribution in [3.05, 3.63) is 41.5 Å². The molecule has 6 nitrogen and oxygen atoms in total. The molecule has 0 aromatic heterocycles. The number of aryl methyl sites for hydroxylation is 1. The van der Waals surface area contributed by atoms with E-state index in [0.29, 0.717) is 17.8 Å². The Kier molecular flexibility index (Phi) is 5.43. The van der Waals surface area contributed by atoms with E-state index < -0.39 is 24.5 Å². The Morgan fingerprint density at radius 3 is 2.31 bits per heavy atom. The van der Waals surface area contributed by atoms with Crippen LogP contribution in [0.4, 0.5) is 4.79 Å². The number of urea groups is 1. The number of carbonyl (C=O) groups is 3. The minimum absolute atomic E-state index is 0.161. The lowest BCUT2D eigenvalue weighted by Crippen LogP contribution is -2.62. The van der Waals surface area contributed by atoms with Crippen molar-refractivity contribution in [1.29, 1.82) is 0 Å². The molecule has 0 heterocycles. The summed E-state index contributed by atoms with van der Waals surface area (Å²) >= 11 is 0. The van der Waals surface area contributed by atoms with Gasteiger partial charge in [-0.25, -0.2) is 9.59 Å². The fourth-order valence-corrected chi connectivity index (χ4v) is 5.81. The molecule has 0 spiro atoms. The summed E-state index contributed by atoms with van der Waals surface area (Å²) in [5, 5.41) is 5.37. The van der Waals surface area contributed by atoms with Gasteiger partial charge in [-0.1, -0.05) is 24.3 Å². The van der Waals surface area contributed by atoms with E-state index in [1.165, 1.54) is 25.3 Å². The largest absolute Gasteiger partial charge is 0.452 e. The molecule has 0 unspecified atom stereocenters. The molecule has 29 heavy (non-hydrogen) atoms. The number of nitrogens with one attached hydrogen (secondary N) is 2. The molecule has 0 radical (unpaired) electrons. The fourth-order valence-electron chi connectivity index (χ4n) is 5.81. The highest BCUT2D eigenvalue weighted by Crippen LogP contribution is 2.55. The molecule has 4 fully saturated rings. The SMILES string of the molecule is Cc1ccccc1/C=C/C(=O)OCC(=O)NC(=O)NC12CC3CC(CC(C3)C1)C2. The molecule has 6 heteroatoms. The Morgan fingerprint density at radius 1 is 1.07 bits per heavy atom. The number of imide groups is 1. The first-order chi connectivity index (χ1) is 13.9. The molecule has 4 saturated carbocycles. The minimum atomic E-state index is -0.620. The summed E-state index contributed by atoms with van der Waals surface area (Å²) in [6.45, 7) is 1.46. The highest BCUT2D eigenvalue weighted by Gasteiger charge is 2.51. The average molecular weight is 396 g/mol. The first-order valence-electron chi connectivity index (χ1n) is 10.4. The van der Waals surface area contributed by atoms with Crippen LogP contribution in [-0.4, -0.2) is 30.1 Å². The van der Waals surface area contributed by atoms with Gasteiger partial charge in [0.1, 0.15) is 0 Å². The van der Waals surface area contributed by atoms with Crippen LogP contribution in [-0.2, 0) is 14.3 Å². The van der Waals surface area contributed by atoms with Gasteiger partial charge in [-0.3, -0.25) is 10.1 Å². The molecular formula is C23H28N2O4. The molecular weight excluding hydrogens is 368 g/mol. The number of amides is 3. The van der Waals surface area contributed by atoms with Crippen molar-refractivity contribution in [2.24, 2.45) is 17.8 Å². The average Bonchev–Trinajstić information content (AvgIpc) is 2.64. The van der Waals surface area contributed by atoms with Crippen LogP contribution in [0, 0.1) is 24.7 Å². The van der Waals surface area contributed by atoms with Crippen LogP contribution in [0.15, 0.2) is 30.3 Å². The van der Waals surface area contributed by atoms with Crippen LogP contribution in [0.25, 0.3) is 6.08 Å². The second-order valence-electron chi connectivity index (χ2n) is 9.00. The van der Waals surface area contributed by atoms with Gasteiger partial charge in [0.15, 0.2) is 6.61 Å². The maximum absolute atomic E-state index is 12.3. The maximum atomic E-state index is 12.3. The number of ether oxygens (including phenoxy) is 1. The Balaban J connectivity index is 1.22. The minimum Gasteiger partial charge on any atom is -0.452 e. The Labute approximate surface area is 171 Å². The third-order valence-electron chi connectivity index (χ3n) is 6.60. The highest BCUT2D eigenvalue weighted by molar-refractivity contribution is 5.96. The topological polar surface area (TPSA) is 84.5 Å². The van der Waals surface area contributed by atoms with E-state index in [4.69, 9.17) is 4.74 Å². The summed E-state index contributed by atoms with van der Waals surface area (Å²) in [4.78, 5) is 36.2. The molecule has 3 amide bonds. The van der Waals surface area contributed by atoms with Crippen molar-refractivity contribution < 1.29 is 19.1 Å². The monoisotopic (exact) mass is 396 g/mol. The van der Waals surface area contributed by atoms with E-state index in [-0.39, 0.29) is 5.54 Å². The molecule has 154 valence electrons. The van der Waals surface area contributed by atoms with Gasteiger partial charge >= 0.3 is 12.0 Å². The molecule has 4 aliphatic rings. The first kappa shape index (κ1) is 19.7. The van der Waals surface area contributed by atoms with Crippen LogP contribution in [0.5, 0.6) is 0 Å². The molecule has 1 aromatic carbocycles. The molecule has 2 N–H and O–H groups in total. The number of carbonyl (C=O) groups excluding carboxylic acids is 3. The fraction of sp³-hybridized carbons (Fsp3) is 0.522. The van der Waals surface area contributed by atoms with Gasteiger partial charge in [-0.15, -0.1) is 0 Å². The maximum Gasteiger partial charge on any atom is 0.331 e. The second-order valence-corrected chi connectivity index (χ2v) is 9.00. The van der Waals surface area contributed by atoms with Gasteiger partial charge in [0, 0.05) is 11.6 Å². The smallest absolute Gasteiger partial charge is 0.331 e. The zero-order valence-corrected chi connectivity index (χ0v) is 16.8. The standard InChI is InChI=1S/C23H28N2O4/c1-15-4-2-3-5-19(15)6-7-21(27)29-14-20(26)24-22(28)25-23-11-16-8-17(12-23)10-18(9-16)13-23/h2-7,16-18H,8-14H2,1H3,(H2,24,25,26,28)/b7-6+. The van der Waals surface area contributed by atoms with Gasteiger partial charge in [0.25, 0.3) is 5.91 Å². The van der Waals surface area contributed by atoms with E-state index in [2.05, 4.69) is 10.6 Å². The summed E-state index contributed by atoms with van der Waals surface area (Å²) in [7, 11) is 0. The lowest BCUT2D eigenvalue weighted by molar-refractivity contribution is -0.143. The normalized spacial score (nSPS) is 29.6. The summed E-state index contributed by atoms with van der Waals surface area (Å²) in [6, 6.07) is 7.16. The summed E-state index contributed by atoms with van der Waals surface area (Å²) < 4.78 is 4.94. The van der Waals surface area contributed by atoms with Gasteiger partial charge in [0.2, 0.25) is 0 Å². The van der Waals surface area contributed by atoms with Gasteiger partial charge in [-0.2, -0.15) is 0 Å². The van der Waals surface area contributed by atoms with Crippen molar-refractivity contribution >= 4 is 24.0 Å². The summed E-state index contributed by atoms with van der Waals surface area (Å²) in [6.07, 6.45) is 9.83. The van der Waals surface area contributed by atoms with Crippen LogP contribution < -0.4 is 10.6 Å². The van der Waals surface area contributed by atoms with E-state index in [0.717, 1.165) is 30.4 Å². The van der Waals surface area contributed by atoms with Crippen LogP contribution >= 0.6 is 0 Å². The molecule has 4 bridgehead atoms. The Hall–Kier alpha value is -2.63. The van der Waals surface area contributed by atoms with Crippen LogP contribution in [0.1, 0.15) is 49.7 Å². The lowest BCUT2D eigenvalue weighted by atomic mass is 9.53. The van der Waals surface area contributed by atoms with E-state index in [1.54, 1.807) is 6.08 Å². The Morgan fingerprint density at radius 2 is 1.69 bits per heavy atom. The third-order valence-corrected chi connectivity index (χ3v) is 6.60. The van der Waals surface area contributed by atoms with Crippen molar-refractivity contribution in [3.63, 3.8) is 0 Å². The third kappa shape index (κ3) is 4.69. The number of esters is 1. The predicted molar refractivity (Wildman–Crippen MR) is 109 cm³/mol. The quantitative estimate of drug-likeness (QED) is 0.590. The zero-order chi connectivity index (χ0) is 20.4. The van der Waals surface area contributed by atoms with Crippen molar-refractivity contribution in [2.75, 3.05) is 6.61 Å². The van der Waals surface area contributed by atoms with E-state index in [9.17, 15) is 14.4 Å². The van der Waals surface area contributed by atoms with Crippen molar-refractivity contribution in [1.82, 2.24) is 10.6 Å². The zero-order valence-electron chi connectivity index (χ0n) is 16.8. The molecule has 0 atom stereocenters. The highest BCUT2D eigenvalue weighted by atomic mass is 16.5. The summed E-state index contributed by atoms with van der Waals surface area (Å²) in [5.41, 5.74) is 1.78. The molecule has 0 aliphatic heterocycles. The molecule has 4 aliphatic carbocycles. The first-order valence-corrected chi connectivity index (χ1v) is 10.4. The second kappa shape index (κ2) is 8.01. The van der Waals surface area contributed by atoms with Crippen molar-refractivity contribution in [2.45, 2.75) is 51.0 Å². The lowest BCUT2D eigenvalue weighted by Gasteiger charge is -2.56. The number of rotatable bonds is 5. The Bertz CT molecular complexity index is 810. The number of hydrogen-bond donors (Lipinski definition) is 2. The van der Waals surface area contributed by atoms with Gasteiger partial charge < -0.3 is 10.1 Å². The van der Waals surface area contributed by atoms with Crippen LogP contribution in [0.3, 0.4) is 0 Å².